The Hall–Kier alpha value is -1.36. The molecule has 1 saturated carbocycles. The summed E-state index contributed by atoms with van der Waals surface area (Å²) in [5.74, 6) is -0.665. The van der Waals surface area contributed by atoms with E-state index in [-0.39, 0.29) is 29.8 Å². The van der Waals surface area contributed by atoms with E-state index in [1.807, 2.05) is 6.92 Å². The minimum absolute atomic E-state index is 0.000263. The highest BCUT2D eigenvalue weighted by atomic mass is 16.5. The monoisotopic (exact) mass is 378 g/mol. The van der Waals surface area contributed by atoms with Gasteiger partial charge in [-0.2, -0.15) is 0 Å². The van der Waals surface area contributed by atoms with Crippen molar-refractivity contribution < 1.29 is 24.2 Å². The fourth-order valence-corrected chi connectivity index (χ4v) is 6.37. The maximum atomic E-state index is 11.5. The van der Waals surface area contributed by atoms with E-state index in [1.165, 1.54) is 13.3 Å². The Kier molecular flexibility index (Phi) is 4.99. The Labute approximate surface area is 162 Å². The third-order valence-corrected chi connectivity index (χ3v) is 7.65. The smallest absolute Gasteiger partial charge is 0.306 e. The minimum Gasteiger partial charge on any atom is -0.481 e. The standard InChI is InChI=1S/C22H34O5/c1-15(23)26-14-16-7-8-17-19(2,3)9-6-10-21(17,5)22(16)12-11-20(4,27-22)13-18(24)25/h7,17H,6,8-14H2,1-5H3,(H,24,25)/t17-,20-,21-,22-/m0/s1. The summed E-state index contributed by atoms with van der Waals surface area (Å²) < 4.78 is 12.1. The summed E-state index contributed by atoms with van der Waals surface area (Å²) in [7, 11) is 0. The zero-order valence-corrected chi connectivity index (χ0v) is 17.4. The molecule has 5 nitrogen and oxygen atoms in total. The molecule has 1 heterocycles. The molecule has 1 spiro atoms. The van der Waals surface area contributed by atoms with Crippen molar-refractivity contribution in [2.24, 2.45) is 16.7 Å². The Bertz CT molecular complexity index is 666. The zero-order chi connectivity index (χ0) is 20.1. The largest absolute Gasteiger partial charge is 0.481 e. The SMILES string of the molecule is CC(=O)OCC1=CC[C@H]2C(C)(C)CCC[C@]2(C)[C@]12CC[C@@](C)(CC(=O)O)O2. The van der Waals surface area contributed by atoms with E-state index in [1.54, 1.807) is 0 Å². The van der Waals surface area contributed by atoms with Crippen molar-refractivity contribution in [3.05, 3.63) is 11.6 Å². The van der Waals surface area contributed by atoms with Crippen LogP contribution < -0.4 is 0 Å². The number of aliphatic carboxylic acids is 1. The van der Waals surface area contributed by atoms with Crippen LogP contribution in [0.4, 0.5) is 0 Å². The van der Waals surface area contributed by atoms with Crippen LogP contribution in [0.1, 0.15) is 79.6 Å². The summed E-state index contributed by atoms with van der Waals surface area (Å²) in [5.41, 5.74) is -0.0855. The quantitative estimate of drug-likeness (QED) is 0.576. The number of hydrogen-bond acceptors (Lipinski definition) is 4. The molecule has 27 heavy (non-hydrogen) atoms. The zero-order valence-electron chi connectivity index (χ0n) is 17.4. The first-order chi connectivity index (χ1) is 12.4. The summed E-state index contributed by atoms with van der Waals surface area (Å²) in [6.45, 7) is 10.6. The van der Waals surface area contributed by atoms with Crippen molar-refractivity contribution in [2.75, 3.05) is 6.61 Å². The number of carbonyl (C=O) groups excluding carboxylic acids is 1. The first-order valence-corrected chi connectivity index (χ1v) is 10.2. The van der Waals surface area contributed by atoms with E-state index < -0.39 is 17.2 Å². The number of carbonyl (C=O) groups is 2. The van der Waals surface area contributed by atoms with E-state index >= 15 is 0 Å². The molecule has 3 aliphatic rings. The lowest BCUT2D eigenvalue weighted by molar-refractivity contribution is -0.196. The van der Waals surface area contributed by atoms with Gasteiger partial charge in [-0.1, -0.05) is 33.3 Å². The van der Waals surface area contributed by atoms with Crippen molar-refractivity contribution in [3.8, 4) is 0 Å². The molecule has 1 N–H and O–H groups in total. The summed E-state index contributed by atoms with van der Waals surface area (Å²) >= 11 is 0. The predicted molar refractivity (Wildman–Crippen MR) is 102 cm³/mol. The first-order valence-electron chi connectivity index (χ1n) is 10.2. The molecule has 4 atom stereocenters. The van der Waals surface area contributed by atoms with Crippen LogP contribution in [0.25, 0.3) is 0 Å². The minimum atomic E-state index is -0.832. The van der Waals surface area contributed by atoms with Crippen LogP contribution in [0.15, 0.2) is 11.6 Å². The van der Waals surface area contributed by atoms with E-state index in [4.69, 9.17) is 9.47 Å². The Balaban J connectivity index is 2.04. The normalized spacial score (nSPS) is 40.3. The van der Waals surface area contributed by atoms with Gasteiger partial charge in [0.2, 0.25) is 0 Å². The number of carboxylic acids is 1. The van der Waals surface area contributed by atoms with E-state index in [0.717, 1.165) is 31.3 Å². The summed E-state index contributed by atoms with van der Waals surface area (Å²) in [4.78, 5) is 22.9. The molecular weight excluding hydrogens is 344 g/mol. The number of rotatable bonds is 4. The number of allylic oxidation sites excluding steroid dienone is 1. The van der Waals surface area contributed by atoms with Crippen molar-refractivity contribution >= 4 is 11.9 Å². The Morgan fingerprint density at radius 3 is 2.52 bits per heavy atom. The van der Waals surface area contributed by atoms with Gasteiger partial charge in [-0.25, -0.2) is 0 Å². The maximum absolute atomic E-state index is 11.5. The highest BCUT2D eigenvalue weighted by Crippen LogP contribution is 2.66. The van der Waals surface area contributed by atoms with Crippen LogP contribution in [0.3, 0.4) is 0 Å². The molecule has 0 aromatic carbocycles. The molecule has 0 bridgehead atoms. The first kappa shape index (κ1) is 20.4. The highest BCUT2D eigenvalue weighted by Gasteiger charge is 2.65. The second-order valence-electron chi connectivity index (χ2n) is 10.0. The molecular formula is C22H34O5. The second kappa shape index (κ2) is 6.61. The van der Waals surface area contributed by atoms with Gasteiger partial charge in [0, 0.05) is 12.3 Å². The molecule has 0 radical (unpaired) electrons. The van der Waals surface area contributed by atoms with Crippen molar-refractivity contribution in [2.45, 2.75) is 90.8 Å². The lowest BCUT2D eigenvalue weighted by Crippen LogP contribution is -2.60. The van der Waals surface area contributed by atoms with Crippen molar-refractivity contribution in [1.82, 2.24) is 0 Å². The lowest BCUT2D eigenvalue weighted by Gasteiger charge is -2.61. The third kappa shape index (κ3) is 3.32. The predicted octanol–water partition coefficient (Wildman–Crippen LogP) is 4.49. The number of ether oxygens (including phenoxy) is 2. The molecule has 5 heteroatoms. The molecule has 3 rings (SSSR count). The van der Waals surface area contributed by atoms with Crippen molar-refractivity contribution in [1.29, 1.82) is 0 Å². The number of carboxylic acid groups (broad SMARTS) is 1. The van der Waals surface area contributed by atoms with E-state index in [0.29, 0.717) is 12.3 Å². The van der Waals surface area contributed by atoms with Gasteiger partial charge < -0.3 is 14.6 Å². The lowest BCUT2D eigenvalue weighted by atomic mass is 9.46. The van der Waals surface area contributed by atoms with Crippen LogP contribution >= 0.6 is 0 Å². The Morgan fingerprint density at radius 1 is 1.19 bits per heavy atom. The average Bonchev–Trinajstić information content (AvgIpc) is 2.86. The highest BCUT2D eigenvalue weighted by molar-refractivity contribution is 5.68. The van der Waals surface area contributed by atoms with Crippen LogP contribution in [0, 0.1) is 16.7 Å². The van der Waals surface area contributed by atoms with Gasteiger partial charge in [-0.05, 0) is 55.9 Å². The molecule has 2 aliphatic carbocycles. The van der Waals surface area contributed by atoms with Gasteiger partial charge in [-0.3, -0.25) is 9.59 Å². The Morgan fingerprint density at radius 2 is 1.89 bits per heavy atom. The van der Waals surface area contributed by atoms with Gasteiger partial charge >= 0.3 is 11.9 Å². The number of fused-ring (bicyclic) bond motifs is 2. The molecule has 2 fully saturated rings. The molecule has 1 saturated heterocycles. The fraction of sp³-hybridized carbons (Fsp3) is 0.818. The van der Waals surface area contributed by atoms with Gasteiger partial charge in [0.15, 0.2) is 0 Å². The van der Waals surface area contributed by atoms with Crippen LogP contribution in [0.5, 0.6) is 0 Å². The second-order valence-corrected chi connectivity index (χ2v) is 10.0. The van der Waals surface area contributed by atoms with E-state index in [9.17, 15) is 14.7 Å². The molecule has 0 amide bonds. The van der Waals surface area contributed by atoms with Crippen LogP contribution in [0.2, 0.25) is 0 Å². The molecule has 0 unspecified atom stereocenters. The van der Waals surface area contributed by atoms with Gasteiger partial charge in [0.25, 0.3) is 0 Å². The third-order valence-electron chi connectivity index (χ3n) is 7.65. The fourth-order valence-electron chi connectivity index (χ4n) is 6.37. The number of hydrogen-bond donors (Lipinski definition) is 1. The number of esters is 1. The topological polar surface area (TPSA) is 72.8 Å². The van der Waals surface area contributed by atoms with Gasteiger partial charge in [0.05, 0.1) is 17.6 Å². The van der Waals surface area contributed by atoms with Gasteiger partial charge in [0.1, 0.15) is 6.61 Å². The average molecular weight is 379 g/mol. The molecule has 152 valence electrons. The summed E-state index contributed by atoms with van der Waals surface area (Å²) in [6, 6.07) is 0. The maximum Gasteiger partial charge on any atom is 0.306 e. The molecule has 1 aliphatic heterocycles. The van der Waals surface area contributed by atoms with Gasteiger partial charge in [-0.15, -0.1) is 0 Å². The van der Waals surface area contributed by atoms with E-state index in [2.05, 4.69) is 26.8 Å². The van der Waals surface area contributed by atoms with Crippen LogP contribution in [-0.2, 0) is 19.1 Å². The van der Waals surface area contributed by atoms with Crippen LogP contribution in [-0.4, -0.2) is 34.9 Å². The summed E-state index contributed by atoms with van der Waals surface area (Å²) in [6.07, 6.45) is 8.06. The molecule has 0 aromatic heterocycles. The molecule has 0 aromatic rings. The summed E-state index contributed by atoms with van der Waals surface area (Å²) in [5, 5.41) is 9.38. The van der Waals surface area contributed by atoms with Crippen molar-refractivity contribution in [3.63, 3.8) is 0 Å².